The summed E-state index contributed by atoms with van der Waals surface area (Å²) in [6.45, 7) is 15.7. The van der Waals surface area contributed by atoms with Crippen molar-refractivity contribution in [3.63, 3.8) is 0 Å². The third-order valence-corrected chi connectivity index (χ3v) is 20.6. The van der Waals surface area contributed by atoms with Gasteiger partial charge in [0.05, 0.1) is 25.2 Å². The number of fused-ring (bicyclic) bond motifs is 3. The molecule has 0 bridgehead atoms. The minimum atomic E-state index is -0.148. The predicted octanol–water partition coefficient (Wildman–Crippen LogP) is 24.0. The summed E-state index contributed by atoms with van der Waals surface area (Å²) in [5, 5.41) is 32.1. The highest BCUT2D eigenvalue weighted by molar-refractivity contribution is 6.17. The third-order valence-electron chi connectivity index (χ3n) is 20.6. The summed E-state index contributed by atoms with van der Waals surface area (Å²) in [7, 11) is 0. The van der Waals surface area contributed by atoms with Gasteiger partial charge in [0.25, 0.3) is 0 Å². The number of anilines is 12. The van der Waals surface area contributed by atoms with Crippen LogP contribution in [-0.4, -0.2) is 51.5 Å². The molecule has 16 aromatic rings. The maximum atomic E-state index is 7.82. The molecule has 0 amide bonds. The van der Waals surface area contributed by atoms with Crippen LogP contribution in [0.4, 0.5) is 73.9 Å². The molecule has 17 rings (SSSR count). The second-order valence-corrected chi connectivity index (χ2v) is 31.5. The number of hydrogen-bond donors (Lipinski definition) is 2. The Morgan fingerprint density at radius 1 is 0.360 bits per heavy atom. The SMILES string of the molecule is CC(C)(C)Cn1nc2c(-c3ccc(N(c4ccccc4)c4ccccc4)cc3)c(N)c([N-][NH2+]CCCCn3nnc4c(-c5ccc(N(C6=CCCC=C6)c6ccccc6)cc5)c5nn(CC(C)(C)C)nc5c(-c5ccc(N(c6ccccc6)c6ccccc6)cc5)c43)c(-c3ccc(N(c4ccccc4)c4ccccc4)cc3)c2n1. The predicted molar refractivity (Wildman–Crippen MR) is 469 cm³/mol. The maximum Gasteiger partial charge on any atom is 0.124 e. The summed E-state index contributed by atoms with van der Waals surface area (Å²) in [6.07, 6.45) is 10.3. The van der Waals surface area contributed by atoms with E-state index in [1.165, 1.54) is 0 Å². The number of aromatic nitrogens is 9. The van der Waals surface area contributed by atoms with Gasteiger partial charge in [-0.05, 0) is 198 Å². The van der Waals surface area contributed by atoms with Gasteiger partial charge in [0.1, 0.15) is 27.6 Å². The van der Waals surface area contributed by atoms with E-state index in [0.717, 1.165) is 161 Å². The zero-order valence-corrected chi connectivity index (χ0v) is 65.2. The summed E-state index contributed by atoms with van der Waals surface area (Å²) in [5.74, 6) is 0. The van der Waals surface area contributed by atoms with Gasteiger partial charge >= 0.3 is 0 Å². The van der Waals surface area contributed by atoms with Crippen LogP contribution in [0.2, 0.25) is 0 Å². The molecule has 0 atom stereocenters. The molecule has 1 aliphatic rings. The highest BCUT2D eigenvalue weighted by Gasteiger charge is 2.30. The summed E-state index contributed by atoms with van der Waals surface area (Å²) < 4.78 is 2.09. The average Bonchev–Trinajstić information content (AvgIpc) is 1.54. The summed E-state index contributed by atoms with van der Waals surface area (Å²) in [6, 6.07) is 109. The Labute approximate surface area is 666 Å². The summed E-state index contributed by atoms with van der Waals surface area (Å²) >= 11 is 0. The molecular weight excluding hydrogens is 1400 g/mol. The second-order valence-electron chi connectivity index (χ2n) is 31.5. The largest absolute Gasteiger partial charge is 0.488 e. The molecular formula is C98H92N16. The molecule has 1 aliphatic carbocycles. The number of quaternary nitrogens is 1. The fourth-order valence-electron chi connectivity index (χ4n) is 15.6. The molecule has 114 heavy (non-hydrogen) atoms. The molecule has 16 nitrogen and oxygen atoms in total. The van der Waals surface area contributed by atoms with Crippen molar-refractivity contribution < 1.29 is 5.43 Å². The number of unbranched alkanes of at least 4 members (excludes halogenated alkanes) is 1. The molecule has 4 N–H and O–H groups in total. The van der Waals surface area contributed by atoms with E-state index in [0.29, 0.717) is 48.6 Å². The molecule has 0 saturated heterocycles. The number of aryl methyl sites for hydroxylation is 1. The van der Waals surface area contributed by atoms with Gasteiger partial charge in [-0.25, -0.2) is 4.68 Å². The van der Waals surface area contributed by atoms with Crippen LogP contribution >= 0.6 is 0 Å². The normalized spacial score (nSPS) is 12.4. The van der Waals surface area contributed by atoms with Crippen LogP contribution in [0.25, 0.3) is 83.0 Å². The van der Waals surface area contributed by atoms with E-state index in [9.17, 15) is 0 Å². The molecule has 13 aromatic carbocycles. The smallest absolute Gasteiger partial charge is 0.124 e. The lowest BCUT2D eigenvalue weighted by atomic mass is 9.93. The monoisotopic (exact) mass is 1490 g/mol. The summed E-state index contributed by atoms with van der Waals surface area (Å²) in [5.41, 5.74) is 40.5. The Bertz CT molecular complexity index is 5920. The molecule has 3 heterocycles. The van der Waals surface area contributed by atoms with Gasteiger partial charge in [-0.1, -0.05) is 241 Å². The van der Waals surface area contributed by atoms with Gasteiger partial charge in [0.2, 0.25) is 0 Å². The van der Waals surface area contributed by atoms with Crippen LogP contribution < -0.4 is 30.8 Å². The molecule has 3 aromatic heterocycles. The van der Waals surface area contributed by atoms with E-state index in [4.69, 9.17) is 41.9 Å². The first-order chi connectivity index (χ1) is 55.7. The van der Waals surface area contributed by atoms with Crippen molar-refractivity contribution >= 4 is 107 Å². The van der Waals surface area contributed by atoms with Gasteiger partial charge < -0.3 is 36.2 Å². The number of benzene rings is 13. The number of allylic oxidation sites excluding steroid dienone is 3. The number of nitrogens with zero attached hydrogens (tertiary/aromatic N) is 14. The highest BCUT2D eigenvalue weighted by atomic mass is 15.5. The Kier molecular flexibility index (Phi) is 20.5. The number of para-hydroxylation sites is 7. The Morgan fingerprint density at radius 2 is 0.684 bits per heavy atom. The minimum Gasteiger partial charge on any atom is -0.488 e. The van der Waals surface area contributed by atoms with Crippen LogP contribution in [0.5, 0.6) is 0 Å². The van der Waals surface area contributed by atoms with Crippen LogP contribution in [0.15, 0.2) is 333 Å². The van der Waals surface area contributed by atoms with Crippen LogP contribution in [-0.2, 0) is 19.6 Å². The van der Waals surface area contributed by atoms with Gasteiger partial charge in [-0.3, -0.25) is 0 Å². The van der Waals surface area contributed by atoms with Crippen molar-refractivity contribution in [3.8, 4) is 44.5 Å². The Morgan fingerprint density at radius 3 is 1.06 bits per heavy atom. The fourth-order valence-corrected chi connectivity index (χ4v) is 15.6. The third kappa shape index (κ3) is 15.3. The lowest BCUT2D eigenvalue weighted by Gasteiger charge is -2.28. The molecule has 16 heteroatoms. The van der Waals surface area contributed by atoms with Crippen molar-refractivity contribution in [2.45, 2.75) is 86.9 Å². The van der Waals surface area contributed by atoms with Crippen LogP contribution in [0.3, 0.4) is 0 Å². The zero-order valence-electron chi connectivity index (χ0n) is 65.2. The van der Waals surface area contributed by atoms with Crippen LogP contribution in [0, 0.1) is 10.8 Å². The molecule has 0 aliphatic heterocycles. The van der Waals surface area contributed by atoms with E-state index >= 15 is 0 Å². The Balaban J connectivity index is 0.751. The van der Waals surface area contributed by atoms with E-state index < -0.39 is 0 Å². The first kappa shape index (κ1) is 73.1. The quantitative estimate of drug-likeness (QED) is 0.0242. The molecule has 0 fully saturated rings. The highest BCUT2D eigenvalue weighted by Crippen LogP contribution is 2.51. The molecule has 0 unspecified atom stereocenters. The first-order valence-electron chi connectivity index (χ1n) is 39.4. The minimum absolute atomic E-state index is 0.132. The van der Waals surface area contributed by atoms with Crippen LogP contribution in [0.1, 0.15) is 67.2 Å². The molecule has 0 saturated carbocycles. The van der Waals surface area contributed by atoms with Crippen molar-refractivity contribution in [1.29, 1.82) is 0 Å². The molecule has 564 valence electrons. The lowest BCUT2D eigenvalue weighted by molar-refractivity contribution is -0.602. The fraction of sp³-hybridized carbons (Fsp3) is 0.163. The van der Waals surface area contributed by atoms with E-state index in [2.05, 4.69) is 369 Å². The van der Waals surface area contributed by atoms with Gasteiger partial charge in [-0.15, -0.1) is 5.10 Å². The topological polar surface area (TPSA) is 162 Å². The summed E-state index contributed by atoms with van der Waals surface area (Å²) in [4.78, 5) is 12.9. The average molecular weight is 1490 g/mol. The lowest BCUT2D eigenvalue weighted by Crippen LogP contribution is -2.78. The standard InChI is InChI=1S/C98H92N16/c1-97(2,3)67-109-103-91-85(69-49-57-81(58-50-69)111(73-33-15-7-16-34-73)74-35-17-8-18-36-74)89(99)90(86(92(91)104-109)70-51-59-82(60-52-70)112(75-37-19-9-20-38-75)76-39-21-10-22-40-76)101-100-65-31-32-66-108-96-88(72-55-63-84(64-56-72)114(79-45-27-13-28-46-79)80-47-29-14-30-48-80)94-93(105-110(106-94)68-98(4,5)6)87(95(96)102-107-108)71-53-61-83(62-54-71)113(77-41-23-11-24-42-77)78-43-25-12-26-44-78/h7-11,13-25,27-30,33-64H,12,26,31-32,65-68,99-100H2,1-6H3. The van der Waals surface area contributed by atoms with Gasteiger partial charge in [0.15, 0.2) is 0 Å². The number of rotatable bonds is 25. The van der Waals surface area contributed by atoms with Crippen molar-refractivity contribution in [2.75, 3.05) is 31.9 Å². The number of hydrogen-bond acceptors (Lipinski definition) is 11. The van der Waals surface area contributed by atoms with Crippen molar-refractivity contribution in [2.24, 2.45) is 10.8 Å². The van der Waals surface area contributed by atoms with Gasteiger partial charge in [-0.2, -0.15) is 30.0 Å². The Hall–Kier alpha value is -13.7. The van der Waals surface area contributed by atoms with Gasteiger partial charge in [0, 0.05) is 103 Å². The van der Waals surface area contributed by atoms with E-state index in [1.54, 1.807) is 0 Å². The van der Waals surface area contributed by atoms with Crippen molar-refractivity contribution in [3.05, 3.63) is 339 Å². The second kappa shape index (κ2) is 31.9. The number of nitrogen functional groups attached to an aromatic ring is 1. The van der Waals surface area contributed by atoms with E-state index in [-0.39, 0.29) is 10.8 Å². The van der Waals surface area contributed by atoms with E-state index in [1.807, 2.05) is 39.3 Å². The zero-order chi connectivity index (χ0) is 77.7. The first-order valence-corrected chi connectivity index (χ1v) is 39.4. The molecule has 0 spiro atoms. The number of nitrogens with two attached hydrogens (primary N) is 2. The maximum absolute atomic E-state index is 7.82. The molecule has 0 radical (unpaired) electrons. The van der Waals surface area contributed by atoms with Crippen molar-refractivity contribution in [1.82, 2.24) is 45.0 Å².